The van der Waals surface area contributed by atoms with Gasteiger partial charge in [-0.05, 0) is 42.0 Å². The Morgan fingerprint density at radius 3 is 2.23 bits per heavy atom. The number of rotatable bonds is 6. The van der Waals surface area contributed by atoms with E-state index in [-0.39, 0.29) is 17.9 Å². The van der Waals surface area contributed by atoms with Gasteiger partial charge >= 0.3 is 11.8 Å². The first-order chi connectivity index (χ1) is 16.6. The lowest BCUT2D eigenvalue weighted by Crippen LogP contribution is -2.63. The Morgan fingerprint density at radius 1 is 1.03 bits per heavy atom. The van der Waals surface area contributed by atoms with Crippen molar-refractivity contribution in [2.45, 2.75) is 18.4 Å². The summed E-state index contributed by atoms with van der Waals surface area (Å²) in [6.45, 7) is -0.203. The lowest BCUT2D eigenvalue weighted by Gasteiger charge is -2.29. The maximum Gasteiger partial charge on any atom is 0.442 e. The van der Waals surface area contributed by atoms with Gasteiger partial charge in [0, 0.05) is 16.1 Å². The van der Waals surface area contributed by atoms with E-state index < -0.39 is 23.7 Å². The van der Waals surface area contributed by atoms with Crippen LogP contribution in [-0.2, 0) is 11.3 Å². The molecule has 180 valence electrons. The van der Waals surface area contributed by atoms with E-state index in [4.69, 9.17) is 16.3 Å². The molecule has 0 aliphatic carbocycles. The maximum atomic E-state index is 14.5. The fourth-order valence-corrected chi connectivity index (χ4v) is 3.73. The SMILES string of the molecule is COc1ccc(CN2C(=O)C(NC(=O)c3ccc(Cl)cc3)(C(F)(F)F)N=C2c2ccccc2)cc1. The molecule has 1 aliphatic rings. The lowest BCUT2D eigenvalue weighted by molar-refractivity contribution is -0.196. The Morgan fingerprint density at radius 2 is 1.66 bits per heavy atom. The zero-order valence-electron chi connectivity index (χ0n) is 18.3. The normalized spacial score (nSPS) is 17.8. The summed E-state index contributed by atoms with van der Waals surface area (Å²) >= 11 is 5.81. The number of benzene rings is 3. The third kappa shape index (κ3) is 4.72. The first-order valence-electron chi connectivity index (χ1n) is 10.4. The summed E-state index contributed by atoms with van der Waals surface area (Å²) in [5.41, 5.74) is -2.76. The Bertz CT molecular complexity index is 1260. The van der Waals surface area contributed by atoms with Crippen molar-refractivity contribution in [3.63, 3.8) is 0 Å². The average Bonchev–Trinajstić information content (AvgIpc) is 3.13. The number of methoxy groups -OCH3 is 1. The summed E-state index contributed by atoms with van der Waals surface area (Å²) in [6, 6.07) is 19.8. The van der Waals surface area contributed by atoms with Crippen LogP contribution in [0.1, 0.15) is 21.5 Å². The van der Waals surface area contributed by atoms with Crippen LogP contribution in [0.4, 0.5) is 13.2 Å². The summed E-state index contributed by atoms with van der Waals surface area (Å²) in [5, 5.41) is 2.15. The van der Waals surface area contributed by atoms with Crippen LogP contribution >= 0.6 is 11.6 Å². The van der Waals surface area contributed by atoms with E-state index in [0.29, 0.717) is 21.9 Å². The number of aliphatic imine (C=N–C) groups is 1. The molecule has 0 saturated heterocycles. The predicted molar refractivity (Wildman–Crippen MR) is 124 cm³/mol. The van der Waals surface area contributed by atoms with Crippen molar-refractivity contribution in [1.82, 2.24) is 10.2 Å². The van der Waals surface area contributed by atoms with Crippen LogP contribution < -0.4 is 10.1 Å². The topological polar surface area (TPSA) is 71.0 Å². The van der Waals surface area contributed by atoms with Crippen LogP contribution in [0.5, 0.6) is 5.75 Å². The number of ether oxygens (including phenoxy) is 1. The largest absolute Gasteiger partial charge is 0.497 e. The molecule has 10 heteroatoms. The quantitative estimate of drug-likeness (QED) is 0.526. The number of hydrogen-bond acceptors (Lipinski definition) is 4. The second-order valence-electron chi connectivity index (χ2n) is 7.71. The molecular formula is C25H19ClF3N3O3. The predicted octanol–water partition coefficient (Wildman–Crippen LogP) is 4.83. The van der Waals surface area contributed by atoms with Gasteiger partial charge in [0.1, 0.15) is 11.6 Å². The summed E-state index contributed by atoms with van der Waals surface area (Å²) in [4.78, 5) is 31.0. The molecule has 0 spiro atoms. The molecule has 4 rings (SSSR count). The Hall–Kier alpha value is -3.85. The Kier molecular flexibility index (Phi) is 6.53. The highest BCUT2D eigenvalue weighted by atomic mass is 35.5. The molecule has 1 aliphatic heterocycles. The Balaban J connectivity index is 1.78. The van der Waals surface area contributed by atoms with Crippen LogP contribution in [-0.4, -0.2) is 41.5 Å². The van der Waals surface area contributed by atoms with Gasteiger partial charge in [0.2, 0.25) is 0 Å². The number of halogens is 4. The molecule has 1 heterocycles. The number of amidine groups is 1. The van der Waals surface area contributed by atoms with Crippen LogP contribution in [0, 0.1) is 0 Å². The molecular weight excluding hydrogens is 483 g/mol. The molecule has 1 unspecified atom stereocenters. The first-order valence-corrected chi connectivity index (χ1v) is 10.8. The third-order valence-electron chi connectivity index (χ3n) is 5.43. The van der Waals surface area contributed by atoms with E-state index in [9.17, 15) is 22.8 Å². The van der Waals surface area contributed by atoms with Crippen molar-refractivity contribution in [2.24, 2.45) is 4.99 Å². The Labute approximate surface area is 204 Å². The van der Waals surface area contributed by atoms with Gasteiger partial charge in [-0.15, -0.1) is 0 Å². The van der Waals surface area contributed by atoms with Crippen molar-refractivity contribution in [2.75, 3.05) is 7.11 Å². The van der Waals surface area contributed by atoms with E-state index in [1.807, 2.05) is 5.32 Å². The van der Waals surface area contributed by atoms with Crippen molar-refractivity contribution in [1.29, 1.82) is 0 Å². The van der Waals surface area contributed by atoms with E-state index in [2.05, 4.69) is 4.99 Å². The summed E-state index contributed by atoms with van der Waals surface area (Å²) < 4.78 is 48.6. The van der Waals surface area contributed by atoms with E-state index in [0.717, 1.165) is 4.90 Å². The van der Waals surface area contributed by atoms with Crippen molar-refractivity contribution in [3.8, 4) is 5.75 Å². The monoisotopic (exact) mass is 501 g/mol. The van der Waals surface area contributed by atoms with E-state index in [1.165, 1.54) is 31.4 Å². The minimum absolute atomic E-state index is 0.101. The molecule has 3 aromatic carbocycles. The standard InChI is InChI=1S/C25H19ClF3N3O3/c1-35-20-13-7-16(8-14-20)15-32-21(17-5-3-2-4-6-17)30-24(23(32)34,25(27,28)29)31-22(33)18-9-11-19(26)12-10-18/h2-14H,15H2,1H3,(H,31,33). The zero-order valence-corrected chi connectivity index (χ0v) is 19.1. The molecule has 0 aromatic heterocycles. The van der Waals surface area contributed by atoms with Gasteiger partial charge in [0.15, 0.2) is 0 Å². The highest BCUT2D eigenvalue weighted by Crippen LogP contribution is 2.39. The molecule has 0 bridgehead atoms. The molecule has 0 fully saturated rings. The lowest BCUT2D eigenvalue weighted by atomic mass is 10.1. The number of carbonyl (C=O) groups excluding carboxylic acids is 2. The molecule has 35 heavy (non-hydrogen) atoms. The maximum absolute atomic E-state index is 14.5. The number of nitrogens with zero attached hydrogens (tertiary/aromatic N) is 2. The van der Waals surface area contributed by atoms with Gasteiger partial charge in [-0.2, -0.15) is 13.2 Å². The van der Waals surface area contributed by atoms with Crippen LogP contribution in [0.2, 0.25) is 5.02 Å². The van der Waals surface area contributed by atoms with Gasteiger partial charge in [-0.1, -0.05) is 54.1 Å². The molecule has 0 saturated carbocycles. The van der Waals surface area contributed by atoms with Gasteiger partial charge in [0.25, 0.3) is 11.8 Å². The molecule has 1 atom stereocenters. The van der Waals surface area contributed by atoms with Crippen molar-refractivity contribution in [3.05, 3.63) is 101 Å². The third-order valence-corrected chi connectivity index (χ3v) is 5.68. The second kappa shape index (κ2) is 9.42. The van der Waals surface area contributed by atoms with E-state index in [1.54, 1.807) is 54.6 Å². The minimum Gasteiger partial charge on any atom is -0.497 e. The molecule has 1 N–H and O–H groups in total. The fourth-order valence-electron chi connectivity index (χ4n) is 3.60. The molecule has 3 aromatic rings. The van der Waals surface area contributed by atoms with Crippen molar-refractivity contribution < 1.29 is 27.5 Å². The highest BCUT2D eigenvalue weighted by Gasteiger charge is 2.67. The average molecular weight is 502 g/mol. The van der Waals surface area contributed by atoms with E-state index >= 15 is 0 Å². The number of alkyl halides is 3. The van der Waals surface area contributed by atoms with Crippen LogP contribution in [0.15, 0.2) is 83.9 Å². The number of hydrogen-bond donors (Lipinski definition) is 1. The summed E-state index contributed by atoms with van der Waals surface area (Å²) in [7, 11) is 1.49. The highest BCUT2D eigenvalue weighted by molar-refractivity contribution is 6.30. The minimum atomic E-state index is -5.22. The van der Waals surface area contributed by atoms with Gasteiger partial charge in [0.05, 0.1) is 13.7 Å². The smallest absolute Gasteiger partial charge is 0.442 e. The van der Waals surface area contributed by atoms with Gasteiger partial charge in [-0.3, -0.25) is 14.5 Å². The number of nitrogens with one attached hydrogen (secondary N) is 1. The van der Waals surface area contributed by atoms with Crippen LogP contribution in [0.25, 0.3) is 0 Å². The second-order valence-corrected chi connectivity index (χ2v) is 8.15. The first kappa shape index (κ1) is 24.3. The molecule has 2 amide bonds. The zero-order chi connectivity index (χ0) is 25.2. The molecule has 0 radical (unpaired) electrons. The number of carbonyl (C=O) groups is 2. The summed E-state index contributed by atoms with van der Waals surface area (Å²) in [5.74, 6) is -2.18. The van der Waals surface area contributed by atoms with Gasteiger partial charge in [-0.25, -0.2) is 4.99 Å². The fraction of sp³-hybridized carbons (Fsp3) is 0.160. The molecule has 6 nitrogen and oxygen atoms in total. The van der Waals surface area contributed by atoms with Gasteiger partial charge < -0.3 is 10.1 Å². The summed E-state index contributed by atoms with van der Waals surface area (Å²) in [6.07, 6.45) is -5.22. The van der Waals surface area contributed by atoms with Crippen LogP contribution in [0.3, 0.4) is 0 Å². The van der Waals surface area contributed by atoms with Crippen molar-refractivity contribution >= 4 is 29.3 Å². The number of amides is 2.